The third kappa shape index (κ3) is 1.85. The van der Waals surface area contributed by atoms with Crippen LogP contribution in [0.1, 0.15) is 22.5 Å². The number of aryl methyl sites for hydroxylation is 3. The van der Waals surface area contributed by atoms with Crippen LogP contribution in [0.2, 0.25) is 0 Å². The number of hydrogen-bond acceptors (Lipinski definition) is 4. The van der Waals surface area contributed by atoms with Gasteiger partial charge in [-0.2, -0.15) is 10.4 Å². The van der Waals surface area contributed by atoms with Gasteiger partial charge in [-0.15, -0.1) is 0 Å². The lowest BCUT2D eigenvalue weighted by atomic mass is 10.1. The molecular formula is C12H13N5. The summed E-state index contributed by atoms with van der Waals surface area (Å²) in [5.41, 5.74) is 9.40. The van der Waals surface area contributed by atoms with E-state index in [1.165, 1.54) is 0 Å². The van der Waals surface area contributed by atoms with Crippen molar-refractivity contribution in [2.24, 2.45) is 0 Å². The van der Waals surface area contributed by atoms with Crippen molar-refractivity contribution in [2.45, 2.75) is 20.8 Å². The number of nitrogen functional groups attached to an aromatic ring is 1. The minimum Gasteiger partial charge on any atom is -0.382 e. The maximum Gasteiger partial charge on any atom is 0.148 e. The molecule has 0 unspecified atom stereocenters. The molecule has 2 heterocycles. The Morgan fingerprint density at radius 2 is 2.06 bits per heavy atom. The standard InChI is InChI=1S/C12H13N5/c1-7-6-17(16-12(7)14)11-4-8(2)15-9(3)10(11)5-13/h4,6H,1-3H3,(H2,14,16). The van der Waals surface area contributed by atoms with Crippen LogP contribution in [0.15, 0.2) is 12.3 Å². The number of aromatic nitrogens is 3. The molecule has 0 aliphatic rings. The van der Waals surface area contributed by atoms with E-state index in [0.717, 1.165) is 16.9 Å². The molecule has 0 atom stereocenters. The van der Waals surface area contributed by atoms with Crippen LogP contribution in [0.3, 0.4) is 0 Å². The lowest BCUT2D eigenvalue weighted by Crippen LogP contribution is -2.03. The molecule has 0 saturated heterocycles. The molecule has 0 saturated carbocycles. The monoisotopic (exact) mass is 227 g/mol. The molecule has 2 aromatic heterocycles. The van der Waals surface area contributed by atoms with Crippen molar-refractivity contribution in [1.82, 2.24) is 14.8 Å². The first-order valence-electron chi connectivity index (χ1n) is 5.23. The van der Waals surface area contributed by atoms with Crippen LogP contribution in [0, 0.1) is 32.1 Å². The molecule has 17 heavy (non-hydrogen) atoms. The lowest BCUT2D eigenvalue weighted by Gasteiger charge is -2.07. The topological polar surface area (TPSA) is 80.5 Å². The smallest absolute Gasteiger partial charge is 0.148 e. The Kier molecular flexibility index (Phi) is 2.56. The molecule has 0 aliphatic carbocycles. The average Bonchev–Trinajstić information content (AvgIpc) is 2.58. The summed E-state index contributed by atoms with van der Waals surface area (Å²) in [5, 5.41) is 13.4. The number of pyridine rings is 1. The predicted molar refractivity (Wildman–Crippen MR) is 64.7 cm³/mol. The van der Waals surface area contributed by atoms with E-state index in [1.54, 1.807) is 4.68 Å². The molecule has 0 spiro atoms. The molecule has 0 aromatic carbocycles. The van der Waals surface area contributed by atoms with Crippen molar-refractivity contribution in [3.05, 3.63) is 34.8 Å². The summed E-state index contributed by atoms with van der Waals surface area (Å²) < 4.78 is 1.63. The molecular weight excluding hydrogens is 214 g/mol. The maximum atomic E-state index is 9.17. The summed E-state index contributed by atoms with van der Waals surface area (Å²) >= 11 is 0. The minimum atomic E-state index is 0.473. The Bertz CT molecular complexity index is 599. The first kappa shape index (κ1) is 11.1. The normalized spacial score (nSPS) is 10.2. The van der Waals surface area contributed by atoms with Crippen LogP contribution in [-0.4, -0.2) is 14.8 Å². The van der Waals surface area contributed by atoms with Gasteiger partial charge >= 0.3 is 0 Å². The second kappa shape index (κ2) is 3.91. The van der Waals surface area contributed by atoms with E-state index < -0.39 is 0 Å². The minimum absolute atomic E-state index is 0.473. The Balaban J connectivity index is 2.70. The van der Waals surface area contributed by atoms with E-state index in [0.29, 0.717) is 17.1 Å². The Morgan fingerprint density at radius 1 is 1.35 bits per heavy atom. The number of rotatable bonds is 1. The van der Waals surface area contributed by atoms with E-state index in [1.807, 2.05) is 33.0 Å². The van der Waals surface area contributed by atoms with Gasteiger partial charge in [0.05, 0.1) is 16.9 Å². The molecule has 86 valence electrons. The van der Waals surface area contributed by atoms with E-state index in [4.69, 9.17) is 11.0 Å². The maximum absolute atomic E-state index is 9.17. The summed E-state index contributed by atoms with van der Waals surface area (Å²) in [7, 11) is 0. The van der Waals surface area contributed by atoms with Crippen molar-refractivity contribution < 1.29 is 0 Å². The van der Waals surface area contributed by atoms with Gasteiger partial charge in [0, 0.05) is 17.5 Å². The second-order valence-corrected chi connectivity index (χ2v) is 4.00. The molecule has 0 aliphatic heterocycles. The average molecular weight is 227 g/mol. The molecule has 2 aromatic rings. The van der Waals surface area contributed by atoms with Gasteiger partial charge in [-0.25, -0.2) is 4.68 Å². The van der Waals surface area contributed by atoms with Gasteiger partial charge in [0.1, 0.15) is 11.9 Å². The lowest BCUT2D eigenvalue weighted by molar-refractivity contribution is 0.871. The highest BCUT2D eigenvalue weighted by Gasteiger charge is 2.12. The van der Waals surface area contributed by atoms with Crippen molar-refractivity contribution in [1.29, 1.82) is 5.26 Å². The molecule has 0 amide bonds. The fourth-order valence-electron chi connectivity index (χ4n) is 1.72. The van der Waals surface area contributed by atoms with Crippen LogP contribution in [-0.2, 0) is 0 Å². The zero-order chi connectivity index (χ0) is 12.6. The van der Waals surface area contributed by atoms with Gasteiger partial charge in [-0.1, -0.05) is 0 Å². The third-order valence-corrected chi connectivity index (χ3v) is 2.60. The molecule has 2 N–H and O–H groups in total. The summed E-state index contributed by atoms with van der Waals surface area (Å²) in [4.78, 5) is 4.26. The highest BCUT2D eigenvalue weighted by atomic mass is 15.3. The summed E-state index contributed by atoms with van der Waals surface area (Å²) in [6, 6.07) is 3.98. The van der Waals surface area contributed by atoms with E-state index >= 15 is 0 Å². The van der Waals surface area contributed by atoms with Crippen LogP contribution < -0.4 is 5.73 Å². The van der Waals surface area contributed by atoms with Crippen molar-refractivity contribution in [3.8, 4) is 11.8 Å². The van der Waals surface area contributed by atoms with Crippen molar-refractivity contribution >= 4 is 5.82 Å². The van der Waals surface area contributed by atoms with Crippen LogP contribution in [0.5, 0.6) is 0 Å². The number of anilines is 1. The first-order chi connectivity index (χ1) is 8.02. The first-order valence-corrected chi connectivity index (χ1v) is 5.23. The van der Waals surface area contributed by atoms with E-state index in [2.05, 4.69) is 16.2 Å². The third-order valence-electron chi connectivity index (χ3n) is 2.60. The molecule has 0 fully saturated rings. The number of hydrogen-bond donors (Lipinski definition) is 1. The molecule has 2 rings (SSSR count). The number of nitrogens with zero attached hydrogens (tertiary/aromatic N) is 4. The van der Waals surface area contributed by atoms with Crippen LogP contribution in [0.4, 0.5) is 5.82 Å². The van der Waals surface area contributed by atoms with Crippen LogP contribution in [0.25, 0.3) is 5.69 Å². The predicted octanol–water partition coefficient (Wildman–Crippen LogP) is 1.65. The van der Waals surface area contributed by atoms with Crippen LogP contribution >= 0.6 is 0 Å². The van der Waals surface area contributed by atoms with Crippen molar-refractivity contribution in [3.63, 3.8) is 0 Å². The SMILES string of the molecule is Cc1cc(-n2cc(C)c(N)n2)c(C#N)c(C)n1. The molecule has 0 bridgehead atoms. The Morgan fingerprint density at radius 3 is 2.59 bits per heavy atom. The molecule has 0 radical (unpaired) electrons. The van der Waals surface area contributed by atoms with Gasteiger partial charge in [0.25, 0.3) is 0 Å². The molecule has 5 heteroatoms. The zero-order valence-corrected chi connectivity index (χ0v) is 10.0. The van der Waals surface area contributed by atoms with Gasteiger partial charge in [-0.3, -0.25) is 4.98 Å². The fourth-order valence-corrected chi connectivity index (χ4v) is 1.72. The highest BCUT2D eigenvalue weighted by Crippen LogP contribution is 2.19. The van der Waals surface area contributed by atoms with Crippen molar-refractivity contribution in [2.75, 3.05) is 5.73 Å². The van der Waals surface area contributed by atoms with E-state index in [9.17, 15) is 0 Å². The Labute approximate surface area is 99.5 Å². The number of nitrogens with two attached hydrogens (primary N) is 1. The summed E-state index contributed by atoms with van der Waals surface area (Å²) in [6.07, 6.45) is 1.81. The quantitative estimate of drug-likeness (QED) is 0.803. The number of nitriles is 1. The molecule has 5 nitrogen and oxygen atoms in total. The summed E-state index contributed by atoms with van der Waals surface area (Å²) in [6.45, 7) is 5.58. The van der Waals surface area contributed by atoms with Gasteiger partial charge < -0.3 is 5.73 Å². The van der Waals surface area contributed by atoms with E-state index in [-0.39, 0.29) is 0 Å². The Hall–Kier alpha value is -2.35. The van der Waals surface area contributed by atoms with Gasteiger partial charge in [0.15, 0.2) is 0 Å². The van der Waals surface area contributed by atoms with Gasteiger partial charge in [-0.05, 0) is 26.8 Å². The largest absolute Gasteiger partial charge is 0.382 e. The zero-order valence-electron chi connectivity index (χ0n) is 10.0. The second-order valence-electron chi connectivity index (χ2n) is 4.00. The van der Waals surface area contributed by atoms with Gasteiger partial charge in [0.2, 0.25) is 0 Å². The highest BCUT2D eigenvalue weighted by molar-refractivity contribution is 5.53. The summed E-state index contributed by atoms with van der Waals surface area (Å²) in [5.74, 6) is 0.473. The fraction of sp³-hybridized carbons (Fsp3) is 0.250.